The zero-order chi connectivity index (χ0) is 8.32. The van der Waals surface area contributed by atoms with E-state index in [1.165, 1.54) is 0 Å². The highest BCUT2D eigenvalue weighted by atomic mass is 32.3. The molecule has 66 valence electrons. The van der Waals surface area contributed by atoms with Crippen molar-refractivity contribution in [3.63, 3.8) is 0 Å². The molecule has 0 unspecified atom stereocenters. The molecule has 1 heterocycles. The summed E-state index contributed by atoms with van der Waals surface area (Å²) in [7, 11) is -4.26. The molecule has 0 bridgehead atoms. The summed E-state index contributed by atoms with van der Waals surface area (Å²) in [5.41, 5.74) is 0. The van der Waals surface area contributed by atoms with E-state index in [0.717, 1.165) is 19.4 Å². The Morgan fingerprint density at radius 2 is 2.27 bits per heavy atom. The molecule has 0 aliphatic carbocycles. The summed E-state index contributed by atoms with van der Waals surface area (Å²) in [5, 5.41) is 3.03. The monoisotopic (exact) mass is 181 g/mol. The number of hydrogen-bond acceptors (Lipinski definition) is 3. The smallest absolute Gasteiger partial charge is 0.302 e. The average molecular weight is 181 g/mol. The number of nitrogens with one attached hydrogen (secondary N) is 1. The van der Waals surface area contributed by atoms with E-state index in [9.17, 15) is 12.3 Å². The Morgan fingerprint density at radius 1 is 1.55 bits per heavy atom. The zero-order valence-electron chi connectivity index (χ0n) is 6.22. The SMILES string of the molecule is O=S(=O)(F)C[C@@H]1CCCNC1. The minimum absolute atomic E-state index is 0.0289. The van der Waals surface area contributed by atoms with Gasteiger partial charge in [-0.05, 0) is 31.8 Å². The molecule has 0 spiro atoms. The molecule has 1 saturated heterocycles. The van der Waals surface area contributed by atoms with E-state index >= 15 is 0 Å². The maximum atomic E-state index is 12.1. The van der Waals surface area contributed by atoms with Gasteiger partial charge in [-0.25, -0.2) is 0 Å². The van der Waals surface area contributed by atoms with Gasteiger partial charge >= 0.3 is 10.2 Å². The summed E-state index contributed by atoms with van der Waals surface area (Å²) >= 11 is 0. The van der Waals surface area contributed by atoms with Crippen molar-refractivity contribution in [2.45, 2.75) is 12.8 Å². The van der Waals surface area contributed by atoms with Crippen LogP contribution < -0.4 is 5.32 Å². The van der Waals surface area contributed by atoms with Crippen LogP contribution in [0.4, 0.5) is 3.89 Å². The first-order valence-corrected chi connectivity index (χ1v) is 5.26. The Hall–Kier alpha value is -0.160. The predicted molar refractivity (Wildman–Crippen MR) is 40.5 cm³/mol. The molecule has 1 N–H and O–H groups in total. The largest absolute Gasteiger partial charge is 0.316 e. The van der Waals surface area contributed by atoms with Crippen molar-refractivity contribution < 1.29 is 12.3 Å². The number of piperidine rings is 1. The van der Waals surface area contributed by atoms with Crippen LogP contribution in [0.2, 0.25) is 0 Å². The van der Waals surface area contributed by atoms with Crippen molar-refractivity contribution in [1.29, 1.82) is 0 Å². The Labute approximate surface area is 66.2 Å². The highest BCUT2D eigenvalue weighted by Crippen LogP contribution is 2.12. The summed E-state index contributed by atoms with van der Waals surface area (Å²) in [6.07, 6.45) is 1.76. The maximum absolute atomic E-state index is 12.1. The zero-order valence-corrected chi connectivity index (χ0v) is 7.03. The van der Waals surface area contributed by atoms with Crippen molar-refractivity contribution in [3.8, 4) is 0 Å². The quantitative estimate of drug-likeness (QED) is 0.623. The van der Waals surface area contributed by atoms with Gasteiger partial charge in [0.25, 0.3) is 0 Å². The lowest BCUT2D eigenvalue weighted by Crippen LogP contribution is -2.33. The number of rotatable bonds is 2. The first kappa shape index (κ1) is 8.93. The molecule has 1 atom stereocenters. The summed E-state index contributed by atoms with van der Waals surface area (Å²) in [5.74, 6) is -0.348. The van der Waals surface area contributed by atoms with Crippen LogP contribution in [0.5, 0.6) is 0 Å². The van der Waals surface area contributed by atoms with Crippen molar-refractivity contribution in [2.24, 2.45) is 5.92 Å². The van der Waals surface area contributed by atoms with Gasteiger partial charge < -0.3 is 5.32 Å². The van der Waals surface area contributed by atoms with Crippen LogP contribution in [0.3, 0.4) is 0 Å². The number of hydrogen-bond donors (Lipinski definition) is 1. The summed E-state index contributed by atoms with van der Waals surface area (Å²) < 4.78 is 32.5. The first-order valence-electron chi connectivity index (χ1n) is 3.71. The van der Waals surface area contributed by atoms with Crippen LogP contribution in [0.1, 0.15) is 12.8 Å². The summed E-state index contributed by atoms with van der Waals surface area (Å²) in [6, 6.07) is 0. The highest BCUT2D eigenvalue weighted by Gasteiger charge is 2.19. The van der Waals surface area contributed by atoms with Crippen LogP contribution in [0.15, 0.2) is 0 Å². The van der Waals surface area contributed by atoms with E-state index in [2.05, 4.69) is 5.32 Å². The van der Waals surface area contributed by atoms with Gasteiger partial charge in [-0.15, -0.1) is 3.89 Å². The van der Waals surface area contributed by atoms with Crippen molar-refractivity contribution in [2.75, 3.05) is 18.8 Å². The fraction of sp³-hybridized carbons (Fsp3) is 1.00. The number of halogens is 1. The molecule has 1 aliphatic heterocycles. The Morgan fingerprint density at radius 3 is 2.73 bits per heavy atom. The second kappa shape index (κ2) is 3.49. The molecule has 5 heteroatoms. The molecule has 1 aliphatic rings. The summed E-state index contributed by atoms with van der Waals surface area (Å²) in [4.78, 5) is 0. The minimum atomic E-state index is -4.26. The fourth-order valence-electron chi connectivity index (χ4n) is 1.35. The fourth-order valence-corrected chi connectivity index (χ4v) is 2.20. The van der Waals surface area contributed by atoms with Gasteiger partial charge in [-0.2, -0.15) is 8.42 Å². The third-order valence-electron chi connectivity index (χ3n) is 1.83. The molecule has 0 aromatic rings. The van der Waals surface area contributed by atoms with Gasteiger partial charge in [0, 0.05) is 0 Å². The van der Waals surface area contributed by atoms with Crippen molar-refractivity contribution >= 4 is 10.2 Å². The van der Waals surface area contributed by atoms with E-state index in [1.807, 2.05) is 0 Å². The molecule has 11 heavy (non-hydrogen) atoms. The van der Waals surface area contributed by atoms with Crippen LogP contribution in [-0.4, -0.2) is 27.3 Å². The van der Waals surface area contributed by atoms with Gasteiger partial charge in [0.15, 0.2) is 0 Å². The third-order valence-corrected chi connectivity index (χ3v) is 2.70. The molecule has 0 aromatic heterocycles. The van der Waals surface area contributed by atoms with Gasteiger partial charge in [-0.1, -0.05) is 0 Å². The molecule has 3 nitrogen and oxygen atoms in total. The van der Waals surface area contributed by atoms with Crippen LogP contribution in [0.25, 0.3) is 0 Å². The Kier molecular flexibility index (Phi) is 2.84. The lowest BCUT2D eigenvalue weighted by atomic mass is 10.0. The minimum Gasteiger partial charge on any atom is -0.316 e. The van der Waals surface area contributed by atoms with E-state index in [0.29, 0.717) is 6.54 Å². The Bertz CT molecular complexity index is 209. The van der Waals surface area contributed by atoms with Crippen LogP contribution >= 0.6 is 0 Å². The van der Waals surface area contributed by atoms with Gasteiger partial charge in [0.1, 0.15) is 0 Å². The lowest BCUT2D eigenvalue weighted by Gasteiger charge is -2.20. The predicted octanol–water partition coefficient (Wildman–Crippen LogP) is 0.285. The van der Waals surface area contributed by atoms with Crippen LogP contribution in [-0.2, 0) is 10.2 Å². The van der Waals surface area contributed by atoms with E-state index < -0.39 is 10.2 Å². The molecule has 1 rings (SSSR count). The third kappa shape index (κ3) is 3.67. The second-order valence-corrected chi connectivity index (χ2v) is 4.33. The van der Waals surface area contributed by atoms with Gasteiger partial charge in [0.05, 0.1) is 5.75 Å². The van der Waals surface area contributed by atoms with Crippen molar-refractivity contribution in [1.82, 2.24) is 5.32 Å². The molecule has 1 fully saturated rings. The molecular formula is C6H12FNO2S. The molecular weight excluding hydrogens is 169 g/mol. The van der Waals surface area contributed by atoms with E-state index in [4.69, 9.17) is 0 Å². The lowest BCUT2D eigenvalue weighted by molar-refractivity contribution is 0.399. The molecule has 0 aromatic carbocycles. The topological polar surface area (TPSA) is 46.2 Å². The van der Waals surface area contributed by atoms with Crippen LogP contribution in [0, 0.1) is 5.92 Å². The summed E-state index contributed by atoms with van der Waals surface area (Å²) in [6.45, 7) is 1.55. The van der Waals surface area contributed by atoms with E-state index in [1.54, 1.807) is 0 Å². The van der Waals surface area contributed by atoms with E-state index in [-0.39, 0.29) is 11.7 Å². The van der Waals surface area contributed by atoms with Gasteiger partial charge in [0.2, 0.25) is 0 Å². The second-order valence-electron chi connectivity index (χ2n) is 2.92. The van der Waals surface area contributed by atoms with Crippen molar-refractivity contribution in [3.05, 3.63) is 0 Å². The average Bonchev–Trinajstić information content (AvgIpc) is 1.85. The molecule has 0 saturated carbocycles. The Balaban J connectivity index is 2.36. The maximum Gasteiger partial charge on any atom is 0.302 e. The molecule has 0 amide bonds. The highest BCUT2D eigenvalue weighted by molar-refractivity contribution is 7.86. The first-order chi connectivity index (χ1) is 5.08. The van der Waals surface area contributed by atoms with Gasteiger partial charge in [-0.3, -0.25) is 0 Å². The molecule has 0 radical (unpaired) electrons. The standard InChI is InChI=1S/C6H12FNO2S/c7-11(9,10)5-6-2-1-3-8-4-6/h6,8H,1-5H2/t6-/m1/s1. The normalized spacial score (nSPS) is 26.8.